The Balaban J connectivity index is 1.80. The van der Waals surface area contributed by atoms with Crippen LogP contribution in [0.3, 0.4) is 0 Å². The minimum Gasteiger partial charge on any atom is -0.477 e. The first-order valence-electron chi connectivity index (χ1n) is 6.25. The van der Waals surface area contributed by atoms with E-state index in [-0.39, 0.29) is 21.2 Å². The molecule has 0 saturated carbocycles. The number of thioether (sulfide) groups is 3. The van der Waals surface area contributed by atoms with Crippen LogP contribution in [0.2, 0.25) is 0 Å². The average molecular weight is 346 g/mol. The Kier molecular flexibility index (Phi) is 3.97. The average Bonchev–Trinajstić information content (AvgIpc) is 2.90. The first kappa shape index (κ1) is 15.2. The monoisotopic (exact) mass is 346 g/mol. The molecule has 3 aliphatic heterocycles. The molecular formula is C11H14N4O3S3. The van der Waals surface area contributed by atoms with Crippen molar-refractivity contribution >= 4 is 47.2 Å². The van der Waals surface area contributed by atoms with Crippen LogP contribution < -0.4 is 5.73 Å². The van der Waals surface area contributed by atoms with E-state index >= 15 is 0 Å². The van der Waals surface area contributed by atoms with E-state index in [1.807, 2.05) is 6.92 Å². The summed E-state index contributed by atoms with van der Waals surface area (Å²) in [5.74, 6) is 0.345. The summed E-state index contributed by atoms with van der Waals surface area (Å²) in [6.07, 6.45) is 0. The van der Waals surface area contributed by atoms with E-state index in [1.165, 1.54) is 16.7 Å². The molecule has 0 radical (unpaired) electrons. The van der Waals surface area contributed by atoms with Crippen molar-refractivity contribution in [1.82, 2.24) is 4.90 Å². The third-order valence-corrected chi connectivity index (χ3v) is 7.49. The molecule has 0 spiro atoms. The lowest BCUT2D eigenvalue weighted by molar-refractivity contribution is -0.147. The summed E-state index contributed by atoms with van der Waals surface area (Å²) in [5, 5.41) is 17.3. The molecule has 0 bridgehead atoms. The number of nitrogens with two attached hydrogens (primary N) is 1. The summed E-state index contributed by atoms with van der Waals surface area (Å²) >= 11 is 4.67. The standard InChI is InChI=1S/C11H14N4O3S3/c1-11(14-13-4-21-11)20-3-5-2-19-9-6(12)8(16)15(9)7(5)10(17)18/h6,9H,2-4,12H2,1H3,(H,17,18). The molecule has 0 aliphatic carbocycles. The van der Waals surface area contributed by atoms with Crippen molar-refractivity contribution in [2.75, 3.05) is 17.4 Å². The van der Waals surface area contributed by atoms with Crippen molar-refractivity contribution in [3.8, 4) is 0 Å². The van der Waals surface area contributed by atoms with E-state index in [0.717, 1.165) is 5.57 Å². The highest BCUT2D eigenvalue weighted by Gasteiger charge is 2.51. The van der Waals surface area contributed by atoms with Crippen molar-refractivity contribution in [3.63, 3.8) is 0 Å². The Morgan fingerprint density at radius 1 is 1.67 bits per heavy atom. The normalized spacial score (nSPS) is 35.0. The summed E-state index contributed by atoms with van der Waals surface area (Å²) in [6, 6.07) is -0.588. The van der Waals surface area contributed by atoms with Gasteiger partial charge in [0.15, 0.2) is 4.20 Å². The number of β-lactam (4-membered cyclic amide) rings is 1. The highest BCUT2D eigenvalue weighted by Crippen LogP contribution is 2.46. The number of nitrogens with zero attached hydrogens (tertiary/aromatic N) is 3. The zero-order valence-electron chi connectivity index (χ0n) is 11.2. The van der Waals surface area contributed by atoms with Crippen molar-refractivity contribution < 1.29 is 14.7 Å². The van der Waals surface area contributed by atoms with Crippen molar-refractivity contribution in [2.45, 2.75) is 22.5 Å². The predicted molar refractivity (Wildman–Crippen MR) is 83.9 cm³/mol. The van der Waals surface area contributed by atoms with Crippen LogP contribution in [0.4, 0.5) is 0 Å². The summed E-state index contributed by atoms with van der Waals surface area (Å²) in [7, 11) is 0. The molecule has 10 heteroatoms. The summed E-state index contributed by atoms with van der Waals surface area (Å²) < 4.78 is -0.368. The van der Waals surface area contributed by atoms with E-state index in [4.69, 9.17) is 5.73 Å². The number of carboxylic acid groups (broad SMARTS) is 1. The lowest BCUT2D eigenvalue weighted by atomic mass is 10.0. The number of carbonyl (C=O) groups excluding carboxylic acids is 1. The number of carbonyl (C=O) groups is 2. The minimum atomic E-state index is -1.07. The topological polar surface area (TPSA) is 108 Å². The zero-order valence-corrected chi connectivity index (χ0v) is 13.6. The van der Waals surface area contributed by atoms with Crippen LogP contribution >= 0.6 is 35.3 Å². The summed E-state index contributed by atoms with van der Waals surface area (Å²) in [5.41, 5.74) is 6.56. The van der Waals surface area contributed by atoms with Gasteiger partial charge in [0.1, 0.15) is 23.0 Å². The maximum absolute atomic E-state index is 11.8. The third kappa shape index (κ3) is 2.58. The van der Waals surface area contributed by atoms with E-state index in [9.17, 15) is 14.7 Å². The lowest BCUT2D eigenvalue weighted by Crippen LogP contribution is -2.68. The number of fused-ring (bicyclic) bond motifs is 1. The SMILES string of the molecule is CC1(SCC2=C(C(=O)O)N3C(=O)C(N)C3SC2)N=NCS1. The van der Waals surface area contributed by atoms with Gasteiger partial charge in [0.25, 0.3) is 0 Å². The molecule has 3 rings (SSSR count). The highest BCUT2D eigenvalue weighted by molar-refractivity contribution is 8.18. The molecule has 0 aromatic rings. The molecule has 0 aromatic carbocycles. The first-order chi connectivity index (χ1) is 9.93. The quantitative estimate of drug-likeness (QED) is 0.735. The van der Waals surface area contributed by atoms with Crippen LogP contribution in [0.5, 0.6) is 0 Å². The molecule has 3 aliphatic rings. The number of carboxylic acids is 1. The Hall–Kier alpha value is -0.710. The van der Waals surface area contributed by atoms with Gasteiger partial charge in [-0.1, -0.05) is 11.8 Å². The van der Waals surface area contributed by atoms with Crippen LogP contribution in [0.25, 0.3) is 0 Å². The molecule has 3 N–H and O–H groups in total. The highest BCUT2D eigenvalue weighted by atomic mass is 32.2. The largest absolute Gasteiger partial charge is 0.477 e. The van der Waals surface area contributed by atoms with Crippen LogP contribution in [0.1, 0.15) is 6.92 Å². The molecular weight excluding hydrogens is 332 g/mol. The maximum Gasteiger partial charge on any atom is 0.352 e. The van der Waals surface area contributed by atoms with Crippen LogP contribution in [-0.4, -0.2) is 54.9 Å². The predicted octanol–water partition coefficient (Wildman–Crippen LogP) is 1.13. The lowest BCUT2D eigenvalue weighted by Gasteiger charge is -2.48. The van der Waals surface area contributed by atoms with E-state index in [0.29, 0.717) is 17.4 Å². The fourth-order valence-electron chi connectivity index (χ4n) is 2.32. The Labute approximate surface area is 134 Å². The van der Waals surface area contributed by atoms with Crippen molar-refractivity contribution in [1.29, 1.82) is 0 Å². The zero-order chi connectivity index (χ0) is 15.2. The molecule has 3 atom stereocenters. The van der Waals surface area contributed by atoms with E-state index in [2.05, 4.69) is 10.2 Å². The molecule has 1 saturated heterocycles. The van der Waals surface area contributed by atoms with Gasteiger partial charge in [-0.05, 0) is 12.5 Å². The minimum absolute atomic E-state index is 0.0986. The van der Waals surface area contributed by atoms with Gasteiger partial charge in [-0.2, -0.15) is 10.2 Å². The van der Waals surface area contributed by atoms with Gasteiger partial charge in [-0.15, -0.1) is 23.5 Å². The van der Waals surface area contributed by atoms with Crippen molar-refractivity contribution in [3.05, 3.63) is 11.3 Å². The van der Waals surface area contributed by atoms with Gasteiger partial charge in [-0.3, -0.25) is 9.69 Å². The van der Waals surface area contributed by atoms with Crippen molar-refractivity contribution in [2.24, 2.45) is 16.0 Å². The van der Waals surface area contributed by atoms with E-state index in [1.54, 1.807) is 23.5 Å². The molecule has 114 valence electrons. The second kappa shape index (κ2) is 5.49. The fourth-order valence-corrected chi connectivity index (χ4v) is 5.67. The number of aliphatic carboxylic acids is 1. The van der Waals surface area contributed by atoms with E-state index < -0.39 is 12.0 Å². The van der Waals surface area contributed by atoms with Crippen LogP contribution in [0.15, 0.2) is 21.5 Å². The van der Waals surface area contributed by atoms with Gasteiger partial charge >= 0.3 is 5.97 Å². The molecule has 3 unspecified atom stereocenters. The first-order valence-corrected chi connectivity index (χ1v) is 9.27. The molecule has 3 heterocycles. The maximum atomic E-state index is 11.8. The Bertz CT molecular complexity index is 567. The third-order valence-electron chi connectivity index (χ3n) is 3.45. The van der Waals surface area contributed by atoms with Gasteiger partial charge < -0.3 is 10.8 Å². The number of hydrogen-bond donors (Lipinski definition) is 2. The number of rotatable bonds is 4. The van der Waals surface area contributed by atoms with Crippen LogP contribution in [-0.2, 0) is 9.59 Å². The second-order valence-electron chi connectivity index (χ2n) is 4.89. The van der Waals surface area contributed by atoms with Gasteiger partial charge in [0, 0.05) is 11.5 Å². The number of azo groups is 1. The van der Waals surface area contributed by atoms with Crippen LogP contribution in [0, 0.1) is 0 Å². The number of amides is 1. The molecule has 21 heavy (non-hydrogen) atoms. The molecule has 0 aromatic heterocycles. The molecule has 1 amide bonds. The number of hydrogen-bond acceptors (Lipinski definition) is 8. The summed E-state index contributed by atoms with van der Waals surface area (Å²) in [4.78, 5) is 24.7. The second-order valence-corrected chi connectivity index (χ2v) is 8.97. The Morgan fingerprint density at radius 3 is 3.05 bits per heavy atom. The fraction of sp³-hybridized carbons (Fsp3) is 0.636. The van der Waals surface area contributed by atoms with Gasteiger partial charge in [-0.25, -0.2) is 4.79 Å². The Morgan fingerprint density at radius 2 is 2.43 bits per heavy atom. The van der Waals surface area contributed by atoms with Gasteiger partial charge in [0.2, 0.25) is 5.91 Å². The molecule has 1 fully saturated rings. The molecule has 7 nitrogen and oxygen atoms in total. The smallest absolute Gasteiger partial charge is 0.352 e. The summed E-state index contributed by atoms with van der Waals surface area (Å²) in [6.45, 7) is 1.96. The van der Waals surface area contributed by atoms with Gasteiger partial charge in [0.05, 0.1) is 0 Å².